The first-order valence-corrected chi connectivity index (χ1v) is 12.4. The Labute approximate surface area is 199 Å². The number of anilines is 1. The van der Waals surface area contributed by atoms with E-state index in [0.29, 0.717) is 22.4 Å². The molecule has 0 bridgehead atoms. The van der Waals surface area contributed by atoms with Crippen LogP contribution >= 0.6 is 11.3 Å². The molecule has 4 aromatic rings. The first-order chi connectivity index (χ1) is 15.9. The zero-order chi connectivity index (χ0) is 23.1. The maximum absolute atomic E-state index is 13.6. The van der Waals surface area contributed by atoms with Gasteiger partial charge < -0.3 is 10.6 Å². The highest BCUT2D eigenvalue weighted by molar-refractivity contribution is 7.21. The van der Waals surface area contributed by atoms with Crippen molar-refractivity contribution in [1.29, 1.82) is 0 Å². The molecule has 3 heterocycles. The maximum Gasteiger partial charge on any atom is 0.266 e. The Kier molecular flexibility index (Phi) is 5.67. The molecule has 0 aliphatic carbocycles. The summed E-state index contributed by atoms with van der Waals surface area (Å²) < 4.78 is 0. The lowest BCUT2D eigenvalue weighted by molar-refractivity contribution is 0.0629. The van der Waals surface area contributed by atoms with E-state index in [-0.39, 0.29) is 5.91 Å². The van der Waals surface area contributed by atoms with Gasteiger partial charge in [-0.1, -0.05) is 74.0 Å². The predicted octanol–water partition coefficient (Wildman–Crippen LogP) is 6.64. The molecule has 0 radical (unpaired) electrons. The molecule has 2 atom stereocenters. The summed E-state index contributed by atoms with van der Waals surface area (Å²) in [6.07, 6.45) is 1.16. The molecule has 33 heavy (non-hydrogen) atoms. The molecule has 0 saturated carbocycles. The standard InChI is InChI=1S/C28H29N3OS/c1-17-9-11-20(12-10-17)22-14-23(21-7-5-4-6-8-21)30-27-24(22)25(29)26(33-27)28(32)31-15-18(2)13-19(3)16-31/h4-12,14,18-19H,13,15-16,29H2,1-3H3. The first-order valence-electron chi connectivity index (χ1n) is 11.6. The topological polar surface area (TPSA) is 59.2 Å². The third-order valence-electron chi connectivity index (χ3n) is 6.48. The number of fused-ring (bicyclic) bond motifs is 1. The number of benzene rings is 2. The fourth-order valence-electron chi connectivity index (χ4n) is 4.97. The second-order valence-corrected chi connectivity index (χ2v) is 10.5. The number of hydrogen-bond donors (Lipinski definition) is 1. The number of carbonyl (C=O) groups is 1. The summed E-state index contributed by atoms with van der Waals surface area (Å²) in [6.45, 7) is 8.08. The molecule has 1 amide bonds. The molecule has 1 aliphatic rings. The minimum absolute atomic E-state index is 0.0324. The van der Waals surface area contributed by atoms with E-state index < -0.39 is 0 Å². The highest BCUT2D eigenvalue weighted by Crippen LogP contribution is 2.42. The lowest BCUT2D eigenvalue weighted by atomic mass is 9.92. The Hall–Kier alpha value is -3.18. The van der Waals surface area contributed by atoms with Crippen LogP contribution in [0, 0.1) is 18.8 Å². The monoisotopic (exact) mass is 455 g/mol. The molecule has 2 unspecified atom stereocenters. The second-order valence-electron chi connectivity index (χ2n) is 9.47. The highest BCUT2D eigenvalue weighted by Gasteiger charge is 2.30. The number of thiophene rings is 1. The van der Waals surface area contributed by atoms with Gasteiger partial charge in [-0.15, -0.1) is 11.3 Å². The molecule has 2 N–H and O–H groups in total. The fourth-order valence-corrected chi connectivity index (χ4v) is 6.06. The van der Waals surface area contributed by atoms with Crippen molar-refractivity contribution < 1.29 is 4.79 Å². The number of hydrogen-bond acceptors (Lipinski definition) is 4. The SMILES string of the molecule is Cc1ccc(-c2cc(-c3ccccc3)nc3sc(C(=O)N4CC(C)CC(C)C4)c(N)c23)cc1. The molecule has 1 fully saturated rings. The largest absolute Gasteiger partial charge is 0.397 e. The van der Waals surface area contributed by atoms with Crippen molar-refractivity contribution in [2.75, 3.05) is 18.8 Å². The van der Waals surface area contributed by atoms with Crippen LogP contribution in [0.5, 0.6) is 0 Å². The number of likely N-dealkylation sites (tertiary alicyclic amines) is 1. The molecule has 1 aliphatic heterocycles. The quantitative estimate of drug-likeness (QED) is 0.377. The number of nitrogen functional groups attached to an aromatic ring is 1. The minimum Gasteiger partial charge on any atom is -0.397 e. The number of amides is 1. The van der Waals surface area contributed by atoms with Crippen LogP contribution in [0.2, 0.25) is 0 Å². The molecule has 5 rings (SSSR count). The van der Waals surface area contributed by atoms with Crippen molar-refractivity contribution in [2.45, 2.75) is 27.2 Å². The molecule has 0 spiro atoms. The smallest absolute Gasteiger partial charge is 0.266 e. The summed E-state index contributed by atoms with van der Waals surface area (Å²) in [4.78, 5) is 21.9. The van der Waals surface area contributed by atoms with Gasteiger partial charge >= 0.3 is 0 Å². The molecule has 1 saturated heterocycles. The third-order valence-corrected chi connectivity index (χ3v) is 7.57. The van der Waals surface area contributed by atoms with Crippen LogP contribution in [-0.2, 0) is 0 Å². The van der Waals surface area contributed by atoms with Gasteiger partial charge in [0.2, 0.25) is 0 Å². The van der Waals surface area contributed by atoms with Crippen molar-refractivity contribution in [3.05, 3.63) is 71.1 Å². The molecular weight excluding hydrogens is 426 g/mol. The number of nitrogens with two attached hydrogens (primary N) is 1. The average Bonchev–Trinajstić information content (AvgIpc) is 3.15. The summed E-state index contributed by atoms with van der Waals surface area (Å²) >= 11 is 1.42. The van der Waals surface area contributed by atoms with Gasteiger partial charge in [0.1, 0.15) is 9.71 Å². The molecule has 5 heteroatoms. The Bertz CT molecular complexity index is 1300. The van der Waals surface area contributed by atoms with Crippen molar-refractivity contribution in [3.8, 4) is 22.4 Å². The lowest BCUT2D eigenvalue weighted by Crippen LogP contribution is -2.42. The predicted molar refractivity (Wildman–Crippen MR) is 138 cm³/mol. The zero-order valence-corrected chi connectivity index (χ0v) is 20.2. The number of aromatic nitrogens is 1. The van der Waals surface area contributed by atoms with Crippen LogP contribution in [0.4, 0.5) is 5.69 Å². The van der Waals surface area contributed by atoms with Crippen LogP contribution in [0.3, 0.4) is 0 Å². The molecule has 168 valence electrons. The number of carbonyl (C=O) groups excluding carboxylic acids is 1. The summed E-state index contributed by atoms with van der Waals surface area (Å²) in [5.74, 6) is 1.03. The summed E-state index contributed by atoms with van der Waals surface area (Å²) in [5.41, 5.74) is 12.5. The van der Waals surface area contributed by atoms with Gasteiger partial charge in [-0.05, 0) is 42.4 Å². The van der Waals surface area contributed by atoms with Crippen LogP contribution in [0.15, 0.2) is 60.7 Å². The molecule has 2 aromatic heterocycles. The van der Waals surface area contributed by atoms with Crippen molar-refractivity contribution >= 4 is 33.1 Å². The van der Waals surface area contributed by atoms with Crippen LogP contribution in [-0.4, -0.2) is 28.9 Å². The summed E-state index contributed by atoms with van der Waals surface area (Å²) in [7, 11) is 0. The van der Waals surface area contributed by atoms with E-state index in [0.717, 1.165) is 52.1 Å². The normalized spacial score (nSPS) is 18.6. The van der Waals surface area contributed by atoms with E-state index >= 15 is 0 Å². The van der Waals surface area contributed by atoms with E-state index in [1.165, 1.54) is 16.9 Å². The summed E-state index contributed by atoms with van der Waals surface area (Å²) in [5, 5.41) is 0.880. The van der Waals surface area contributed by atoms with Gasteiger partial charge in [0.05, 0.1) is 11.4 Å². The lowest BCUT2D eigenvalue weighted by Gasteiger charge is -2.34. The fraction of sp³-hybridized carbons (Fsp3) is 0.286. The van der Waals surface area contributed by atoms with Crippen LogP contribution in [0.25, 0.3) is 32.6 Å². The van der Waals surface area contributed by atoms with Gasteiger partial charge in [0, 0.05) is 24.0 Å². The van der Waals surface area contributed by atoms with Gasteiger partial charge in [0.25, 0.3) is 5.91 Å². The van der Waals surface area contributed by atoms with Crippen LogP contribution in [0.1, 0.15) is 35.5 Å². The Morgan fingerprint density at radius 1 is 1.00 bits per heavy atom. The van der Waals surface area contributed by atoms with Gasteiger partial charge in [0.15, 0.2) is 0 Å². The molecular formula is C28H29N3OS. The Morgan fingerprint density at radius 2 is 1.67 bits per heavy atom. The first kappa shape index (κ1) is 21.7. The number of pyridine rings is 1. The maximum atomic E-state index is 13.6. The average molecular weight is 456 g/mol. The number of nitrogens with zero attached hydrogens (tertiary/aromatic N) is 2. The van der Waals surface area contributed by atoms with E-state index in [4.69, 9.17) is 10.7 Å². The van der Waals surface area contributed by atoms with Crippen molar-refractivity contribution in [3.63, 3.8) is 0 Å². The van der Waals surface area contributed by atoms with Gasteiger partial charge in [-0.2, -0.15) is 0 Å². The molecule has 4 nitrogen and oxygen atoms in total. The van der Waals surface area contributed by atoms with E-state index in [1.807, 2.05) is 23.1 Å². The van der Waals surface area contributed by atoms with E-state index in [2.05, 4.69) is 63.2 Å². The minimum atomic E-state index is 0.0324. The van der Waals surface area contributed by atoms with Gasteiger partial charge in [-0.25, -0.2) is 4.98 Å². The number of piperidine rings is 1. The van der Waals surface area contributed by atoms with Gasteiger partial charge in [-0.3, -0.25) is 4.79 Å². The Morgan fingerprint density at radius 3 is 2.33 bits per heavy atom. The van der Waals surface area contributed by atoms with Crippen LogP contribution < -0.4 is 5.73 Å². The van der Waals surface area contributed by atoms with Crippen molar-refractivity contribution in [1.82, 2.24) is 9.88 Å². The molecule has 2 aromatic carbocycles. The zero-order valence-electron chi connectivity index (χ0n) is 19.3. The second kappa shape index (κ2) is 8.64. The highest BCUT2D eigenvalue weighted by atomic mass is 32.1. The number of rotatable bonds is 3. The number of aryl methyl sites for hydroxylation is 1. The van der Waals surface area contributed by atoms with Crippen molar-refractivity contribution in [2.24, 2.45) is 11.8 Å². The van der Waals surface area contributed by atoms with E-state index in [1.54, 1.807) is 0 Å². The Balaban J connectivity index is 1.68. The van der Waals surface area contributed by atoms with E-state index in [9.17, 15) is 4.79 Å². The summed E-state index contributed by atoms with van der Waals surface area (Å²) in [6, 6.07) is 20.7. The third kappa shape index (κ3) is 4.13.